The first-order valence-corrected chi connectivity index (χ1v) is 15.9. The molecule has 0 bridgehead atoms. The summed E-state index contributed by atoms with van der Waals surface area (Å²) in [6.45, 7) is 6.97. The van der Waals surface area contributed by atoms with Gasteiger partial charge in [0.2, 0.25) is 11.8 Å². The Labute approximate surface area is 258 Å². The van der Waals surface area contributed by atoms with Crippen LogP contribution in [0.5, 0.6) is 5.75 Å². The van der Waals surface area contributed by atoms with Gasteiger partial charge in [0.25, 0.3) is 10.0 Å². The molecular formula is C31H37Cl2N3O5S. The molecule has 8 nitrogen and oxygen atoms in total. The summed E-state index contributed by atoms with van der Waals surface area (Å²) in [5.74, 6) is -0.344. The van der Waals surface area contributed by atoms with Crippen molar-refractivity contribution in [2.75, 3.05) is 18.0 Å². The van der Waals surface area contributed by atoms with Gasteiger partial charge in [-0.1, -0.05) is 60.8 Å². The molecule has 226 valence electrons. The fourth-order valence-electron chi connectivity index (χ4n) is 4.31. The number of benzene rings is 3. The Hall–Kier alpha value is -3.27. The molecule has 3 aromatic rings. The lowest BCUT2D eigenvalue weighted by Gasteiger charge is -2.33. The first-order valence-electron chi connectivity index (χ1n) is 13.7. The highest BCUT2D eigenvalue weighted by Crippen LogP contribution is 2.28. The maximum absolute atomic E-state index is 14.2. The molecule has 0 fully saturated rings. The van der Waals surface area contributed by atoms with Crippen LogP contribution >= 0.6 is 23.2 Å². The van der Waals surface area contributed by atoms with E-state index in [-0.39, 0.29) is 29.1 Å². The molecule has 2 amide bonds. The number of ether oxygens (including phenoxy) is 1. The molecule has 0 aliphatic heterocycles. The number of nitrogens with zero attached hydrogens (tertiary/aromatic N) is 2. The summed E-state index contributed by atoms with van der Waals surface area (Å²) in [5, 5.41) is 3.62. The lowest BCUT2D eigenvalue weighted by molar-refractivity contribution is -0.140. The van der Waals surface area contributed by atoms with Crippen molar-refractivity contribution in [1.29, 1.82) is 0 Å². The van der Waals surface area contributed by atoms with Crippen molar-refractivity contribution in [2.45, 2.75) is 64.1 Å². The number of amides is 2. The second-order valence-electron chi connectivity index (χ2n) is 10.0. The van der Waals surface area contributed by atoms with E-state index in [9.17, 15) is 18.0 Å². The number of rotatable bonds is 13. The number of carbonyl (C=O) groups is 2. The van der Waals surface area contributed by atoms with E-state index in [1.54, 1.807) is 61.5 Å². The van der Waals surface area contributed by atoms with Crippen LogP contribution in [0.1, 0.15) is 44.7 Å². The number of nitrogens with one attached hydrogen (secondary N) is 1. The number of anilines is 1. The number of hydrogen-bond donors (Lipinski definition) is 1. The van der Waals surface area contributed by atoms with Crippen LogP contribution in [0, 0.1) is 6.92 Å². The van der Waals surface area contributed by atoms with Crippen molar-refractivity contribution in [3.05, 3.63) is 87.9 Å². The average Bonchev–Trinajstić information content (AvgIpc) is 2.97. The highest BCUT2D eigenvalue weighted by Gasteiger charge is 2.34. The van der Waals surface area contributed by atoms with Crippen molar-refractivity contribution in [2.24, 2.45) is 0 Å². The van der Waals surface area contributed by atoms with E-state index in [1.807, 2.05) is 20.8 Å². The number of halogens is 2. The van der Waals surface area contributed by atoms with Crippen LogP contribution in [-0.2, 0) is 26.2 Å². The summed E-state index contributed by atoms with van der Waals surface area (Å²) >= 11 is 12.4. The number of aryl methyl sites for hydroxylation is 1. The number of methoxy groups -OCH3 is 1. The second-order valence-corrected chi connectivity index (χ2v) is 12.7. The largest absolute Gasteiger partial charge is 0.497 e. The Bertz CT molecular complexity index is 1480. The van der Waals surface area contributed by atoms with Crippen LogP contribution < -0.4 is 14.4 Å². The molecule has 2 atom stereocenters. The van der Waals surface area contributed by atoms with Crippen LogP contribution in [0.15, 0.2) is 71.6 Å². The molecule has 11 heteroatoms. The Morgan fingerprint density at radius 1 is 0.929 bits per heavy atom. The molecule has 0 radical (unpaired) electrons. The quantitative estimate of drug-likeness (QED) is 0.241. The van der Waals surface area contributed by atoms with E-state index in [0.717, 1.165) is 9.87 Å². The molecule has 0 aliphatic rings. The highest BCUT2D eigenvalue weighted by molar-refractivity contribution is 7.92. The van der Waals surface area contributed by atoms with Crippen LogP contribution in [0.4, 0.5) is 5.69 Å². The standard InChI is InChI=1S/C31H37Cl2N3O5S/c1-6-22(4)34-31(38)29(7-2)35(19-23-10-17-27(32)28(33)18-23)30(37)20-36(24-11-13-25(41-5)14-12-24)42(39,40)26-15-8-21(3)9-16-26/h8-18,22,29H,6-7,19-20H2,1-5H3,(H,34,38)/t22-,29-/m0/s1. The Balaban J connectivity index is 2.08. The Morgan fingerprint density at radius 3 is 2.12 bits per heavy atom. The van der Waals surface area contributed by atoms with Gasteiger partial charge in [-0.05, 0) is 80.8 Å². The predicted molar refractivity (Wildman–Crippen MR) is 168 cm³/mol. The third-order valence-corrected chi connectivity index (χ3v) is 9.50. The highest BCUT2D eigenvalue weighted by atomic mass is 35.5. The first-order chi connectivity index (χ1) is 19.9. The van der Waals surface area contributed by atoms with Crippen molar-refractivity contribution in [1.82, 2.24) is 10.2 Å². The second kappa shape index (κ2) is 14.8. The molecule has 3 aromatic carbocycles. The van der Waals surface area contributed by atoms with Crippen molar-refractivity contribution in [3.63, 3.8) is 0 Å². The molecule has 0 aliphatic carbocycles. The normalized spacial score (nSPS) is 12.7. The van der Waals surface area contributed by atoms with E-state index in [2.05, 4.69) is 5.32 Å². The SMILES string of the molecule is CC[C@H](C)NC(=O)[C@H](CC)N(Cc1ccc(Cl)c(Cl)c1)C(=O)CN(c1ccc(OC)cc1)S(=O)(=O)c1ccc(C)cc1. The third-order valence-electron chi connectivity index (χ3n) is 6.97. The fourth-order valence-corrected chi connectivity index (χ4v) is 6.04. The van der Waals surface area contributed by atoms with Gasteiger partial charge in [0.1, 0.15) is 18.3 Å². The zero-order chi connectivity index (χ0) is 31.0. The maximum atomic E-state index is 14.2. The Kier molecular flexibility index (Phi) is 11.7. The molecule has 0 saturated carbocycles. The molecule has 0 saturated heterocycles. The molecule has 42 heavy (non-hydrogen) atoms. The Morgan fingerprint density at radius 2 is 1.57 bits per heavy atom. The average molecular weight is 635 g/mol. The number of hydrogen-bond acceptors (Lipinski definition) is 5. The first kappa shape index (κ1) is 33.2. The lowest BCUT2D eigenvalue weighted by Crippen LogP contribution is -2.53. The van der Waals surface area contributed by atoms with E-state index >= 15 is 0 Å². The molecule has 0 unspecified atom stereocenters. The molecule has 3 rings (SSSR count). The molecule has 0 spiro atoms. The van der Waals surface area contributed by atoms with Gasteiger partial charge >= 0.3 is 0 Å². The summed E-state index contributed by atoms with van der Waals surface area (Å²) in [4.78, 5) is 29.0. The zero-order valence-corrected chi connectivity index (χ0v) is 26.8. The lowest BCUT2D eigenvalue weighted by atomic mass is 10.1. The topological polar surface area (TPSA) is 96.0 Å². The fraction of sp³-hybridized carbons (Fsp3) is 0.355. The summed E-state index contributed by atoms with van der Waals surface area (Å²) in [6.07, 6.45) is 1.02. The summed E-state index contributed by atoms with van der Waals surface area (Å²) in [7, 11) is -2.66. The van der Waals surface area contributed by atoms with E-state index in [4.69, 9.17) is 27.9 Å². The van der Waals surface area contributed by atoms with Gasteiger partial charge in [-0.25, -0.2) is 8.42 Å². The molecule has 0 aromatic heterocycles. The van der Waals surface area contributed by atoms with Crippen molar-refractivity contribution in [3.8, 4) is 5.75 Å². The summed E-state index contributed by atoms with van der Waals surface area (Å²) in [6, 6.07) is 16.8. The van der Waals surface area contributed by atoms with Gasteiger partial charge in [-0.2, -0.15) is 0 Å². The van der Waals surface area contributed by atoms with Crippen molar-refractivity contribution < 1.29 is 22.7 Å². The van der Waals surface area contributed by atoms with E-state index in [0.29, 0.717) is 34.2 Å². The molecular weight excluding hydrogens is 597 g/mol. The number of carbonyl (C=O) groups excluding carboxylic acids is 2. The zero-order valence-electron chi connectivity index (χ0n) is 24.4. The van der Waals surface area contributed by atoms with Gasteiger partial charge in [0, 0.05) is 12.6 Å². The third kappa shape index (κ3) is 8.18. The van der Waals surface area contributed by atoms with Gasteiger partial charge in [0.15, 0.2) is 0 Å². The van der Waals surface area contributed by atoms with Gasteiger partial charge in [-0.15, -0.1) is 0 Å². The van der Waals surface area contributed by atoms with Gasteiger partial charge in [-0.3, -0.25) is 13.9 Å². The molecule has 0 heterocycles. The predicted octanol–water partition coefficient (Wildman–Crippen LogP) is 6.23. The minimum atomic E-state index is -4.17. The minimum absolute atomic E-state index is 0.0171. The van der Waals surface area contributed by atoms with E-state index in [1.165, 1.54) is 24.1 Å². The number of sulfonamides is 1. The van der Waals surface area contributed by atoms with Crippen molar-refractivity contribution >= 4 is 50.7 Å². The molecule has 1 N–H and O–H groups in total. The van der Waals surface area contributed by atoms with Crippen LogP contribution in [0.25, 0.3) is 0 Å². The summed E-state index contributed by atoms with van der Waals surface area (Å²) < 4.78 is 34.2. The van der Waals surface area contributed by atoms with Gasteiger partial charge < -0.3 is 15.0 Å². The van der Waals surface area contributed by atoms with Crippen LogP contribution in [-0.4, -0.2) is 50.9 Å². The monoisotopic (exact) mass is 633 g/mol. The minimum Gasteiger partial charge on any atom is -0.497 e. The van der Waals surface area contributed by atoms with Crippen LogP contribution in [0.2, 0.25) is 10.0 Å². The smallest absolute Gasteiger partial charge is 0.264 e. The maximum Gasteiger partial charge on any atom is 0.264 e. The summed E-state index contributed by atoms with van der Waals surface area (Å²) in [5.41, 5.74) is 1.81. The van der Waals surface area contributed by atoms with E-state index < -0.39 is 28.5 Å². The van der Waals surface area contributed by atoms with Gasteiger partial charge in [0.05, 0.1) is 27.7 Å². The van der Waals surface area contributed by atoms with Crippen LogP contribution in [0.3, 0.4) is 0 Å².